The largest absolute Gasteiger partial charge is 0.496 e. The molecule has 0 aliphatic carbocycles. The molecule has 0 amide bonds. The lowest BCUT2D eigenvalue weighted by molar-refractivity contribution is 0.405. The topological polar surface area (TPSA) is 71.7 Å². The summed E-state index contributed by atoms with van der Waals surface area (Å²) in [4.78, 5) is 9.78. The first-order valence-corrected chi connectivity index (χ1v) is 9.65. The molecule has 7 heteroatoms. The lowest BCUT2D eigenvalue weighted by Crippen LogP contribution is -2.39. The predicted molar refractivity (Wildman–Crippen MR) is 107 cm³/mol. The van der Waals surface area contributed by atoms with Crippen LogP contribution in [-0.2, 0) is 6.54 Å². The van der Waals surface area contributed by atoms with Crippen LogP contribution in [0.15, 0.2) is 38.6 Å². The van der Waals surface area contributed by atoms with Gasteiger partial charge in [-0.15, -0.1) is 11.8 Å². The number of methoxy groups -OCH3 is 1. The van der Waals surface area contributed by atoms with E-state index in [2.05, 4.69) is 33.6 Å². The van der Waals surface area contributed by atoms with Crippen molar-refractivity contribution in [3.8, 4) is 5.75 Å². The Bertz CT molecular complexity index is 711. The van der Waals surface area contributed by atoms with E-state index in [0.717, 1.165) is 35.5 Å². The second kappa shape index (κ2) is 10.1. The third-order valence-electron chi connectivity index (χ3n) is 3.91. The Morgan fingerprint density at radius 2 is 2.08 bits per heavy atom. The SMILES string of the molecule is CN=C(NCc1nc(C)c(C)o1)NCC(C)CSc1ccccc1OC. The highest BCUT2D eigenvalue weighted by Gasteiger charge is 2.09. The molecule has 2 aromatic rings. The Hall–Kier alpha value is -2.15. The van der Waals surface area contributed by atoms with Gasteiger partial charge in [-0.05, 0) is 31.9 Å². The molecule has 0 aliphatic rings. The summed E-state index contributed by atoms with van der Waals surface area (Å²) >= 11 is 1.80. The van der Waals surface area contributed by atoms with Crippen LogP contribution in [-0.4, -0.2) is 37.4 Å². The Labute approximate surface area is 159 Å². The molecule has 0 radical (unpaired) electrons. The summed E-state index contributed by atoms with van der Waals surface area (Å²) in [7, 11) is 3.46. The molecule has 0 saturated carbocycles. The molecule has 2 rings (SSSR count). The average molecular weight is 377 g/mol. The van der Waals surface area contributed by atoms with E-state index in [1.54, 1.807) is 25.9 Å². The molecule has 1 heterocycles. The minimum absolute atomic E-state index is 0.467. The molecule has 0 saturated heterocycles. The molecular formula is C19H28N4O2S. The molecule has 1 aromatic carbocycles. The Morgan fingerprint density at radius 3 is 2.73 bits per heavy atom. The van der Waals surface area contributed by atoms with Gasteiger partial charge in [-0.25, -0.2) is 4.98 Å². The van der Waals surface area contributed by atoms with E-state index in [1.165, 1.54) is 4.90 Å². The maximum atomic E-state index is 5.57. The maximum Gasteiger partial charge on any atom is 0.214 e. The van der Waals surface area contributed by atoms with E-state index < -0.39 is 0 Å². The summed E-state index contributed by atoms with van der Waals surface area (Å²) < 4.78 is 11.0. The van der Waals surface area contributed by atoms with Crippen molar-refractivity contribution in [3.63, 3.8) is 0 Å². The van der Waals surface area contributed by atoms with Gasteiger partial charge in [0.2, 0.25) is 5.89 Å². The highest BCUT2D eigenvalue weighted by Crippen LogP contribution is 2.29. The number of thioether (sulfide) groups is 1. The molecule has 26 heavy (non-hydrogen) atoms. The summed E-state index contributed by atoms with van der Waals surface area (Å²) in [6.07, 6.45) is 0. The standard InChI is InChI=1S/C19H28N4O2S/c1-13(12-26-17-9-7-6-8-16(17)24-5)10-21-19(20-4)22-11-18-23-14(2)15(3)25-18/h6-9,13H,10-12H2,1-5H3,(H2,20,21,22). The van der Waals surface area contributed by atoms with Crippen LogP contribution in [0.4, 0.5) is 0 Å². The average Bonchev–Trinajstić information content (AvgIpc) is 2.98. The summed E-state index contributed by atoms with van der Waals surface area (Å²) in [5.41, 5.74) is 0.923. The van der Waals surface area contributed by atoms with Crippen molar-refractivity contribution < 1.29 is 9.15 Å². The Balaban J connectivity index is 1.75. The molecule has 0 aliphatic heterocycles. The van der Waals surface area contributed by atoms with Gasteiger partial charge in [0.25, 0.3) is 0 Å². The molecule has 1 aromatic heterocycles. The molecular weight excluding hydrogens is 348 g/mol. The number of aromatic nitrogens is 1. The van der Waals surface area contributed by atoms with Crippen LogP contribution in [0.1, 0.15) is 24.3 Å². The number of aliphatic imine (C=N–C) groups is 1. The van der Waals surface area contributed by atoms with Crippen molar-refractivity contribution in [2.75, 3.05) is 26.5 Å². The van der Waals surface area contributed by atoms with Crippen LogP contribution >= 0.6 is 11.8 Å². The van der Waals surface area contributed by atoms with Crippen molar-refractivity contribution in [2.24, 2.45) is 10.9 Å². The van der Waals surface area contributed by atoms with Crippen LogP contribution in [0.25, 0.3) is 0 Å². The maximum absolute atomic E-state index is 5.57. The molecule has 0 bridgehead atoms. The second-order valence-electron chi connectivity index (χ2n) is 6.12. The van der Waals surface area contributed by atoms with E-state index in [0.29, 0.717) is 18.4 Å². The second-order valence-corrected chi connectivity index (χ2v) is 7.18. The van der Waals surface area contributed by atoms with Gasteiger partial charge in [0.15, 0.2) is 5.96 Å². The first-order chi connectivity index (χ1) is 12.5. The number of guanidine groups is 1. The van der Waals surface area contributed by atoms with E-state index in [4.69, 9.17) is 9.15 Å². The number of ether oxygens (including phenoxy) is 1. The quantitative estimate of drug-likeness (QED) is 0.418. The van der Waals surface area contributed by atoms with Gasteiger partial charge in [-0.1, -0.05) is 19.1 Å². The Kier molecular flexibility index (Phi) is 7.84. The smallest absolute Gasteiger partial charge is 0.214 e. The van der Waals surface area contributed by atoms with Crippen molar-refractivity contribution >= 4 is 17.7 Å². The zero-order chi connectivity index (χ0) is 18.9. The fourth-order valence-electron chi connectivity index (χ4n) is 2.29. The summed E-state index contributed by atoms with van der Waals surface area (Å²) in [6, 6.07) is 8.10. The van der Waals surface area contributed by atoms with Crippen molar-refractivity contribution in [1.29, 1.82) is 0 Å². The van der Waals surface area contributed by atoms with Crippen LogP contribution in [0.5, 0.6) is 5.75 Å². The number of rotatable bonds is 8. The molecule has 142 valence electrons. The van der Waals surface area contributed by atoms with Crippen LogP contribution < -0.4 is 15.4 Å². The first-order valence-electron chi connectivity index (χ1n) is 8.66. The van der Waals surface area contributed by atoms with Crippen LogP contribution in [0.2, 0.25) is 0 Å². The minimum atomic E-state index is 0.467. The molecule has 1 atom stereocenters. The summed E-state index contributed by atoms with van der Waals surface area (Å²) in [5, 5.41) is 6.58. The zero-order valence-electron chi connectivity index (χ0n) is 16.1. The minimum Gasteiger partial charge on any atom is -0.496 e. The number of aryl methyl sites for hydroxylation is 2. The van der Waals surface area contributed by atoms with Crippen LogP contribution in [0, 0.1) is 19.8 Å². The fourth-order valence-corrected chi connectivity index (χ4v) is 3.34. The lowest BCUT2D eigenvalue weighted by atomic mass is 10.2. The van der Waals surface area contributed by atoms with Gasteiger partial charge < -0.3 is 19.8 Å². The highest BCUT2D eigenvalue weighted by atomic mass is 32.2. The monoisotopic (exact) mass is 376 g/mol. The van der Waals surface area contributed by atoms with Crippen molar-refractivity contribution in [1.82, 2.24) is 15.6 Å². The Morgan fingerprint density at radius 1 is 1.31 bits per heavy atom. The van der Waals surface area contributed by atoms with E-state index in [9.17, 15) is 0 Å². The molecule has 6 nitrogen and oxygen atoms in total. The van der Waals surface area contributed by atoms with E-state index in [-0.39, 0.29) is 0 Å². The van der Waals surface area contributed by atoms with E-state index in [1.807, 2.05) is 32.0 Å². The molecule has 1 unspecified atom stereocenters. The molecule has 0 spiro atoms. The van der Waals surface area contributed by atoms with Gasteiger partial charge in [-0.2, -0.15) is 0 Å². The van der Waals surface area contributed by atoms with E-state index >= 15 is 0 Å². The van der Waals surface area contributed by atoms with Crippen molar-refractivity contribution in [2.45, 2.75) is 32.2 Å². The summed E-state index contributed by atoms with van der Waals surface area (Å²) in [5.74, 6) is 4.64. The van der Waals surface area contributed by atoms with Gasteiger partial charge in [0, 0.05) is 24.2 Å². The lowest BCUT2D eigenvalue weighted by Gasteiger charge is -2.16. The first kappa shape index (κ1) is 20.2. The number of nitrogens with zero attached hydrogens (tertiary/aromatic N) is 2. The summed E-state index contributed by atoms with van der Waals surface area (Å²) in [6.45, 7) is 7.41. The number of oxazole rings is 1. The van der Waals surface area contributed by atoms with Crippen molar-refractivity contribution in [3.05, 3.63) is 41.6 Å². The molecule has 2 N–H and O–H groups in total. The number of hydrogen-bond acceptors (Lipinski definition) is 5. The zero-order valence-corrected chi connectivity index (χ0v) is 16.9. The third-order valence-corrected chi connectivity index (χ3v) is 5.30. The van der Waals surface area contributed by atoms with Gasteiger partial charge in [-0.3, -0.25) is 4.99 Å². The highest BCUT2D eigenvalue weighted by molar-refractivity contribution is 7.99. The predicted octanol–water partition coefficient (Wildman–Crippen LogP) is 3.39. The fraction of sp³-hybridized carbons (Fsp3) is 0.474. The van der Waals surface area contributed by atoms with Gasteiger partial charge in [0.05, 0.1) is 19.3 Å². The molecule has 0 fully saturated rings. The van der Waals surface area contributed by atoms with Crippen LogP contribution in [0.3, 0.4) is 0 Å². The number of benzene rings is 1. The normalized spacial score (nSPS) is 12.7. The number of hydrogen-bond donors (Lipinski definition) is 2. The van der Waals surface area contributed by atoms with Gasteiger partial charge in [0.1, 0.15) is 11.5 Å². The van der Waals surface area contributed by atoms with Gasteiger partial charge >= 0.3 is 0 Å². The third kappa shape index (κ3) is 5.98. The number of nitrogens with one attached hydrogen (secondary N) is 2. The number of para-hydroxylation sites is 1.